The maximum Gasteiger partial charge on any atom is 0.417 e. The van der Waals surface area contributed by atoms with E-state index in [9.17, 15) is 37.6 Å². The molecule has 0 aromatic heterocycles. The zero-order chi connectivity index (χ0) is 43.1. The van der Waals surface area contributed by atoms with Gasteiger partial charge >= 0.3 is 6.18 Å². The molecule has 3 saturated heterocycles. The lowest BCUT2D eigenvalue weighted by atomic mass is 10.0. The summed E-state index contributed by atoms with van der Waals surface area (Å²) in [5, 5.41) is 18.0. The predicted molar refractivity (Wildman–Crippen MR) is 231 cm³/mol. The predicted octanol–water partition coefficient (Wildman–Crippen LogP) is 6.52. The maximum atomic E-state index is 13.8. The SMILES string of the molecule is CCc1cc(N2C(=S)N(c3ccc(C#N)c(C(F)(F)F)c3)C(=O)C2(C)C)ccc1OCCN1CCN(CC(=O)Nc2cc(Cl)cc(NC3CCC(=O)NC3=O)c2)C2(CC2)C1.Cl. The minimum Gasteiger partial charge on any atom is -0.492 e. The van der Waals surface area contributed by atoms with Crippen LogP contribution in [-0.4, -0.2) is 95.0 Å². The van der Waals surface area contributed by atoms with E-state index < -0.39 is 40.7 Å². The van der Waals surface area contributed by atoms with E-state index in [4.69, 9.17) is 28.6 Å². The number of benzene rings is 3. The summed E-state index contributed by atoms with van der Waals surface area (Å²) in [6, 6.07) is 14.6. The first-order valence-corrected chi connectivity index (χ1v) is 20.4. The third-order valence-corrected chi connectivity index (χ3v) is 12.1. The fourth-order valence-electron chi connectivity index (χ4n) is 8.17. The van der Waals surface area contributed by atoms with Crippen LogP contribution in [0, 0.1) is 11.3 Å². The van der Waals surface area contributed by atoms with Crippen LogP contribution in [0.4, 0.5) is 35.9 Å². The van der Waals surface area contributed by atoms with Crippen LogP contribution >= 0.6 is 36.2 Å². The standard InChI is InChI=1S/C42H44ClF3N8O5S.ClH/c1-4-25-17-31(54-39(60)53(38(58)40(54,2)3)30-6-5-26(22-47)32(21-30)42(44,45)46)7-9-34(25)59-16-15-51-13-14-52(41(24-51)11-12-41)23-36(56)49-29-19-27(43)18-28(20-29)48-33-8-10-35(55)50-37(33)57;/h5-7,9,17-21,33,48H,4,8,10-16,23-24H2,1-3H3,(H,49,56)(H,50,55,57);1H. The number of ether oxygens (including phenoxy) is 1. The highest BCUT2D eigenvalue weighted by Gasteiger charge is 2.52. The number of alkyl halides is 3. The molecule has 3 aromatic carbocycles. The van der Waals surface area contributed by atoms with Crippen molar-refractivity contribution < 1.29 is 37.1 Å². The number of imide groups is 1. The number of hydrogen-bond acceptors (Lipinski definition) is 10. The molecule has 3 aliphatic heterocycles. The van der Waals surface area contributed by atoms with Crippen molar-refractivity contribution >= 4 is 87.7 Å². The molecule has 1 spiro atoms. The molecule has 1 unspecified atom stereocenters. The van der Waals surface area contributed by atoms with Gasteiger partial charge in [0.1, 0.15) is 23.9 Å². The number of nitrogens with one attached hydrogen (secondary N) is 3. The largest absolute Gasteiger partial charge is 0.492 e. The number of hydrogen-bond donors (Lipinski definition) is 3. The second-order valence-corrected chi connectivity index (χ2v) is 16.8. The number of piperidine rings is 1. The van der Waals surface area contributed by atoms with Crippen LogP contribution < -0.4 is 30.5 Å². The van der Waals surface area contributed by atoms with Crippen LogP contribution in [0.25, 0.3) is 0 Å². The Balaban J connectivity index is 0.00000622. The van der Waals surface area contributed by atoms with Crippen molar-refractivity contribution in [2.45, 2.75) is 76.2 Å². The monoisotopic (exact) mass is 900 g/mol. The molecule has 1 aliphatic carbocycles. The normalized spacial score (nSPS) is 19.9. The summed E-state index contributed by atoms with van der Waals surface area (Å²) >= 11 is 12.1. The highest BCUT2D eigenvalue weighted by Crippen LogP contribution is 2.44. The summed E-state index contributed by atoms with van der Waals surface area (Å²) in [5.41, 5.74) is -0.591. The number of nitriles is 1. The smallest absolute Gasteiger partial charge is 0.417 e. The average molecular weight is 902 g/mol. The molecule has 13 nitrogen and oxygen atoms in total. The van der Waals surface area contributed by atoms with E-state index in [0.29, 0.717) is 60.4 Å². The van der Waals surface area contributed by atoms with Gasteiger partial charge in [0, 0.05) is 60.2 Å². The molecule has 1 saturated carbocycles. The number of nitrogens with zero attached hydrogens (tertiary/aromatic N) is 5. The molecule has 3 N–H and O–H groups in total. The molecule has 7 rings (SSSR count). The van der Waals surface area contributed by atoms with E-state index in [-0.39, 0.29) is 53.5 Å². The van der Waals surface area contributed by atoms with E-state index >= 15 is 0 Å². The highest BCUT2D eigenvalue weighted by atomic mass is 35.5. The molecule has 4 amide bonds. The molecule has 4 aliphatic rings. The van der Waals surface area contributed by atoms with Crippen LogP contribution in [0.15, 0.2) is 54.6 Å². The van der Waals surface area contributed by atoms with Gasteiger partial charge in [-0.25, -0.2) is 0 Å². The number of amides is 4. The number of thiocarbonyl (C=S) groups is 1. The Morgan fingerprint density at radius 2 is 1.77 bits per heavy atom. The Kier molecular flexibility index (Phi) is 13.3. The van der Waals surface area contributed by atoms with E-state index in [1.54, 1.807) is 49.1 Å². The average Bonchev–Trinajstić information content (AvgIpc) is 3.92. The number of carbonyl (C=O) groups excluding carboxylic acids is 4. The van der Waals surface area contributed by atoms with Crippen molar-refractivity contribution in [2.24, 2.45) is 0 Å². The van der Waals surface area contributed by atoms with E-state index in [1.807, 2.05) is 19.1 Å². The van der Waals surface area contributed by atoms with Crippen LogP contribution in [0.2, 0.25) is 5.02 Å². The Hall–Kier alpha value is -4.99. The molecule has 4 fully saturated rings. The van der Waals surface area contributed by atoms with E-state index in [2.05, 4.69) is 25.8 Å². The van der Waals surface area contributed by atoms with Gasteiger partial charge in [-0.3, -0.25) is 39.2 Å². The summed E-state index contributed by atoms with van der Waals surface area (Å²) in [4.78, 5) is 58.0. The minimum atomic E-state index is -4.80. The number of anilines is 4. The molecule has 19 heteroatoms. The zero-order valence-electron chi connectivity index (χ0n) is 33.7. The molecule has 0 bridgehead atoms. The van der Waals surface area contributed by atoms with Crippen molar-refractivity contribution in [1.82, 2.24) is 15.1 Å². The number of aryl methyl sites for hydroxylation is 1. The first-order chi connectivity index (χ1) is 28.4. The van der Waals surface area contributed by atoms with E-state index in [0.717, 1.165) is 48.5 Å². The van der Waals surface area contributed by atoms with Gasteiger partial charge in [0.25, 0.3) is 5.91 Å². The van der Waals surface area contributed by atoms with Gasteiger partial charge in [0.15, 0.2) is 5.11 Å². The first-order valence-electron chi connectivity index (χ1n) is 19.7. The molecule has 1 atom stereocenters. The number of carbonyl (C=O) groups is 4. The third-order valence-electron chi connectivity index (χ3n) is 11.5. The number of halogens is 5. The summed E-state index contributed by atoms with van der Waals surface area (Å²) in [6.07, 6.45) is -1.67. The van der Waals surface area contributed by atoms with Gasteiger partial charge in [-0.1, -0.05) is 18.5 Å². The molecular formula is C42H45Cl2F3N8O5S. The summed E-state index contributed by atoms with van der Waals surface area (Å²) in [5.74, 6) is -0.724. The number of piperazine rings is 1. The van der Waals surface area contributed by atoms with Crippen molar-refractivity contribution in [2.75, 3.05) is 59.8 Å². The van der Waals surface area contributed by atoms with Gasteiger partial charge in [0.05, 0.1) is 29.4 Å². The van der Waals surface area contributed by atoms with Gasteiger partial charge in [-0.05, 0) is 112 Å². The first kappa shape index (κ1) is 45.5. The molecular weight excluding hydrogens is 856 g/mol. The Labute approximate surface area is 367 Å². The Morgan fingerprint density at radius 1 is 1.05 bits per heavy atom. The van der Waals surface area contributed by atoms with Gasteiger partial charge < -0.3 is 20.3 Å². The number of rotatable bonds is 12. The van der Waals surface area contributed by atoms with Crippen molar-refractivity contribution in [3.8, 4) is 11.8 Å². The summed E-state index contributed by atoms with van der Waals surface area (Å²) < 4.78 is 47.7. The van der Waals surface area contributed by atoms with Crippen molar-refractivity contribution in [1.29, 1.82) is 5.26 Å². The maximum absolute atomic E-state index is 13.8. The Bertz CT molecular complexity index is 2300. The lowest BCUT2D eigenvalue weighted by molar-refractivity contribution is -0.138. The van der Waals surface area contributed by atoms with Crippen LogP contribution in [0.1, 0.15) is 63.1 Å². The molecule has 0 radical (unpaired) electrons. The summed E-state index contributed by atoms with van der Waals surface area (Å²) in [7, 11) is 0. The second-order valence-electron chi connectivity index (χ2n) is 16.0. The fraction of sp³-hybridized carbons (Fsp3) is 0.429. The molecule has 3 aromatic rings. The van der Waals surface area contributed by atoms with E-state index in [1.165, 1.54) is 6.07 Å². The van der Waals surface area contributed by atoms with Gasteiger partial charge in [0.2, 0.25) is 17.7 Å². The quantitative estimate of drug-likeness (QED) is 0.135. The molecule has 324 valence electrons. The van der Waals surface area contributed by atoms with Gasteiger partial charge in [-0.2, -0.15) is 18.4 Å². The highest BCUT2D eigenvalue weighted by molar-refractivity contribution is 7.81. The fourth-order valence-corrected chi connectivity index (χ4v) is 8.93. The molecule has 3 heterocycles. The van der Waals surface area contributed by atoms with Crippen molar-refractivity contribution in [3.63, 3.8) is 0 Å². The van der Waals surface area contributed by atoms with Gasteiger partial charge in [-0.15, -0.1) is 12.4 Å². The Morgan fingerprint density at radius 3 is 2.44 bits per heavy atom. The lowest BCUT2D eigenvalue weighted by Crippen LogP contribution is -2.57. The lowest BCUT2D eigenvalue weighted by Gasteiger charge is -2.41. The van der Waals surface area contributed by atoms with Crippen LogP contribution in [0.3, 0.4) is 0 Å². The summed E-state index contributed by atoms with van der Waals surface area (Å²) in [6.45, 7) is 8.80. The molecule has 61 heavy (non-hydrogen) atoms. The minimum absolute atomic E-state index is 0. The van der Waals surface area contributed by atoms with Crippen LogP contribution in [0.5, 0.6) is 5.75 Å². The topological polar surface area (TPSA) is 150 Å². The zero-order valence-corrected chi connectivity index (χ0v) is 36.0. The second kappa shape index (κ2) is 17.8. The van der Waals surface area contributed by atoms with Crippen molar-refractivity contribution in [3.05, 3.63) is 76.3 Å². The third kappa shape index (κ3) is 9.58. The van der Waals surface area contributed by atoms with Crippen LogP contribution in [-0.2, 0) is 31.8 Å².